The number of urea groups is 1. The number of carbonyl (C=O) groups excluding carboxylic acids is 1. The number of nitriles is 1. The lowest BCUT2D eigenvalue weighted by Gasteiger charge is -2.38. The van der Waals surface area contributed by atoms with Crippen LogP contribution in [0.4, 0.5) is 14.9 Å². The minimum Gasteiger partial charge on any atom is -0.334 e. The van der Waals surface area contributed by atoms with Gasteiger partial charge in [0.25, 0.3) is 0 Å². The van der Waals surface area contributed by atoms with Gasteiger partial charge in [0, 0.05) is 23.8 Å². The van der Waals surface area contributed by atoms with Gasteiger partial charge in [-0.3, -0.25) is 0 Å². The molecule has 2 fully saturated rings. The van der Waals surface area contributed by atoms with Crippen molar-refractivity contribution in [2.75, 3.05) is 5.32 Å². The minimum atomic E-state index is -0.216. The quantitative estimate of drug-likeness (QED) is 0.544. The van der Waals surface area contributed by atoms with Crippen molar-refractivity contribution < 1.29 is 9.18 Å². The van der Waals surface area contributed by atoms with Gasteiger partial charge in [-0.05, 0) is 86.8 Å². The summed E-state index contributed by atoms with van der Waals surface area (Å²) >= 11 is 0. The topological polar surface area (TPSA) is 77.0 Å². The molecule has 0 aliphatic heterocycles. The number of nitrogens with zero attached hydrogens (tertiary/aromatic N) is 1. The van der Waals surface area contributed by atoms with E-state index in [0.29, 0.717) is 23.2 Å². The Kier molecular flexibility index (Phi) is 7.96. The Hall–Kier alpha value is -2.91. The van der Waals surface area contributed by atoms with Crippen molar-refractivity contribution >= 4 is 11.7 Å². The molecule has 0 bridgehead atoms. The number of amides is 2. The normalized spacial score (nSPS) is 25.1. The van der Waals surface area contributed by atoms with Gasteiger partial charge in [-0.1, -0.05) is 31.0 Å². The van der Waals surface area contributed by atoms with Crippen molar-refractivity contribution in [3.05, 3.63) is 65.5 Å². The largest absolute Gasteiger partial charge is 0.334 e. The minimum absolute atomic E-state index is 0.106. The second-order valence-electron chi connectivity index (χ2n) is 9.50. The van der Waals surface area contributed by atoms with Crippen LogP contribution < -0.4 is 16.0 Å². The standard InChI is InChI=1S/C27H33FN4O/c28-22-12-8-19(9-13-22)16-20-10-14-23(15-11-20)30-25-6-1-2-7-26(25)32-27(33)31-24-5-3-4-21(17-24)18-29/h3-5,8-9,12-13,17,20,23,25-26,30H,1-2,6-7,10-11,14-16H2,(H2,31,32,33)/t20?,23?,25-,26-/m0/s1. The molecular weight excluding hydrogens is 415 g/mol. The van der Waals surface area contributed by atoms with E-state index in [9.17, 15) is 9.18 Å². The Balaban J connectivity index is 1.25. The predicted molar refractivity (Wildman–Crippen MR) is 128 cm³/mol. The highest BCUT2D eigenvalue weighted by molar-refractivity contribution is 5.89. The van der Waals surface area contributed by atoms with Crippen molar-refractivity contribution in [2.45, 2.75) is 75.9 Å². The van der Waals surface area contributed by atoms with Crippen molar-refractivity contribution in [1.82, 2.24) is 10.6 Å². The first-order valence-electron chi connectivity index (χ1n) is 12.2. The van der Waals surface area contributed by atoms with Crippen molar-refractivity contribution in [1.29, 1.82) is 5.26 Å². The molecule has 0 spiro atoms. The second-order valence-corrected chi connectivity index (χ2v) is 9.50. The lowest BCUT2D eigenvalue weighted by Crippen LogP contribution is -2.55. The lowest BCUT2D eigenvalue weighted by atomic mass is 9.81. The number of rotatable bonds is 6. The zero-order chi connectivity index (χ0) is 23.0. The summed E-state index contributed by atoms with van der Waals surface area (Å²) < 4.78 is 13.1. The number of nitrogens with one attached hydrogen (secondary N) is 3. The summed E-state index contributed by atoms with van der Waals surface area (Å²) in [6.07, 6.45) is 10.0. The fourth-order valence-corrected chi connectivity index (χ4v) is 5.29. The van der Waals surface area contributed by atoms with Crippen LogP contribution in [-0.4, -0.2) is 24.2 Å². The van der Waals surface area contributed by atoms with Crippen LogP contribution in [0.2, 0.25) is 0 Å². The predicted octanol–water partition coefficient (Wildman–Crippen LogP) is 5.52. The van der Waals surface area contributed by atoms with E-state index in [-0.39, 0.29) is 23.9 Å². The molecule has 174 valence electrons. The number of hydrogen-bond acceptors (Lipinski definition) is 3. The third kappa shape index (κ3) is 6.79. The van der Waals surface area contributed by atoms with E-state index in [1.807, 2.05) is 12.1 Å². The highest BCUT2D eigenvalue weighted by Crippen LogP contribution is 2.29. The summed E-state index contributed by atoms with van der Waals surface area (Å²) in [6.45, 7) is 0. The molecule has 2 aromatic rings. The number of anilines is 1. The maximum absolute atomic E-state index is 13.1. The third-order valence-electron chi connectivity index (χ3n) is 7.07. The van der Waals surface area contributed by atoms with Crippen LogP contribution in [0.3, 0.4) is 0 Å². The van der Waals surface area contributed by atoms with E-state index >= 15 is 0 Å². The third-order valence-corrected chi connectivity index (χ3v) is 7.07. The smallest absolute Gasteiger partial charge is 0.319 e. The molecule has 3 N–H and O–H groups in total. The van der Waals surface area contributed by atoms with E-state index in [2.05, 4.69) is 22.0 Å². The zero-order valence-corrected chi connectivity index (χ0v) is 19.0. The van der Waals surface area contributed by atoms with Crippen LogP contribution >= 0.6 is 0 Å². The van der Waals surface area contributed by atoms with Crippen molar-refractivity contribution in [3.8, 4) is 6.07 Å². The first-order valence-corrected chi connectivity index (χ1v) is 12.2. The summed E-state index contributed by atoms with van der Waals surface area (Å²) in [5.74, 6) is 0.482. The highest BCUT2D eigenvalue weighted by Gasteiger charge is 2.30. The van der Waals surface area contributed by atoms with Crippen LogP contribution in [0.25, 0.3) is 0 Å². The molecule has 2 saturated carbocycles. The molecule has 2 aliphatic carbocycles. The van der Waals surface area contributed by atoms with Crippen molar-refractivity contribution in [3.63, 3.8) is 0 Å². The first kappa shape index (κ1) is 23.3. The maximum atomic E-state index is 13.1. The fourth-order valence-electron chi connectivity index (χ4n) is 5.29. The van der Waals surface area contributed by atoms with Gasteiger partial charge in [-0.15, -0.1) is 0 Å². The Labute approximate surface area is 195 Å². The second kappa shape index (κ2) is 11.3. The molecule has 2 aromatic carbocycles. The molecule has 0 saturated heterocycles. The highest BCUT2D eigenvalue weighted by atomic mass is 19.1. The zero-order valence-electron chi connectivity index (χ0n) is 19.0. The average Bonchev–Trinajstić information content (AvgIpc) is 2.83. The van der Waals surface area contributed by atoms with E-state index in [4.69, 9.17) is 5.26 Å². The molecule has 6 heteroatoms. The summed E-state index contributed by atoms with van der Waals surface area (Å²) in [5.41, 5.74) is 2.38. The van der Waals surface area contributed by atoms with Gasteiger partial charge >= 0.3 is 6.03 Å². The van der Waals surface area contributed by atoms with E-state index in [1.165, 1.54) is 24.8 Å². The SMILES string of the molecule is N#Cc1cccc(NC(=O)N[C@H]2CCCC[C@@H]2NC2CCC(Cc3ccc(F)cc3)CC2)c1. The molecule has 0 aromatic heterocycles. The van der Waals surface area contributed by atoms with Crippen LogP contribution in [0.5, 0.6) is 0 Å². The number of hydrogen-bond donors (Lipinski definition) is 3. The van der Waals surface area contributed by atoms with Gasteiger partial charge in [0.05, 0.1) is 11.6 Å². The Morgan fingerprint density at radius 3 is 2.42 bits per heavy atom. The van der Waals surface area contributed by atoms with E-state index < -0.39 is 0 Å². The summed E-state index contributed by atoms with van der Waals surface area (Å²) in [5, 5.41) is 18.9. The lowest BCUT2D eigenvalue weighted by molar-refractivity contribution is 0.212. The van der Waals surface area contributed by atoms with Gasteiger partial charge in [0.1, 0.15) is 5.82 Å². The Morgan fingerprint density at radius 2 is 1.70 bits per heavy atom. The molecule has 0 heterocycles. The number of benzene rings is 2. The monoisotopic (exact) mass is 448 g/mol. The Bertz CT molecular complexity index is 963. The molecule has 33 heavy (non-hydrogen) atoms. The van der Waals surface area contributed by atoms with Crippen LogP contribution in [0.1, 0.15) is 62.5 Å². The van der Waals surface area contributed by atoms with Crippen LogP contribution in [0.15, 0.2) is 48.5 Å². The molecule has 0 radical (unpaired) electrons. The van der Waals surface area contributed by atoms with Crippen LogP contribution in [-0.2, 0) is 6.42 Å². The summed E-state index contributed by atoms with van der Waals surface area (Å²) in [4.78, 5) is 12.6. The van der Waals surface area contributed by atoms with Gasteiger partial charge < -0.3 is 16.0 Å². The number of carbonyl (C=O) groups is 1. The van der Waals surface area contributed by atoms with E-state index in [1.54, 1.807) is 36.4 Å². The van der Waals surface area contributed by atoms with Gasteiger partial charge in [-0.25, -0.2) is 9.18 Å². The maximum Gasteiger partial charge on any atom is 0.319 e. The molecule has 2 atom stereocenters. The first-order chi connectivity index (χ1) is 16.1. The van der Waals surface area contributed by atoms with Gasteiger partial charge in [0.15, 0.2) is 0 Å². The molecule has 5 nitrogen and oxygen atoms in total. The molecule has 2 amide bonds. The molecular formula is C27H33FN4O. The fraction of sp³-hybridized carbons (Fsp3) is 0.481. The average molecular weight is 449 g/mol. The molecule has 2 aliphatic rings. The summed E-state index contributed by atoms with van der Waals surface area (Å²) in [6, 6.07) is 16.6. The van der Waals surface area contributed by atoms with E-state index in [0.717, 1.165) is 38.5 Å². The van der Waals surface area contributed by atoms with Crippen molar-refractivity contribution in [2.24, 2.45) is 5.92 Å². The Morgan fingerprint density at radius 1 is 0.970 bits per heavy atom. The van der Waals surface area contributed by atoms with Gasteiger partial charge in [0.2, 0.25) is 0 Å². The van der Waals surface area contributed by atoms with Crippen LogP contribution in [0, 0.1) is 23.1 Å². The molecule has 0 unspecified atom stereocenters. The summed E-state index contributed by atoms with van der Waals surface area (Å²) in [7, 11) is 0. The number of halogens is 1. The molecule has 4 rings (SSSR count). The van der Waals surface area contributed by atoms with Gasteiger partial charge in [-0.2, -0.15) is 5.26 Å².